The molecule has 1 N–H and O–H groups in total. The van der Waals surface area contributed by atoms with Gasteiger partial charge >= 0.3 is 12.2 Å². The number of Topliss-reactive ketones (excluding diaryl/α,β-unsaturated/α-hetero) is 1. The predicted molar refractivity (Wildman–Crippen MR) is 126 cm³/mol. The maximum Gasteiger partial charge on any atom is 0.418 e. The summed E-state index contributed by atoms with van der Waals surface area (Å²) in [5.74, 6) is -0.177. The van der Waals surface area contributed by atoms with Crippen LogP contribution in [0.25, 0.3) is 0 Å². The van der Waals surface area contributed by atoms with E-state index in [2.05, 4.69) is 5.32 Å². The zero-order chi connectivity index (χ0) is 25.4. The molecule has 0 saturated carbocycles. The van der Waals surface area contributed by atoms with Gasteiger partial charge in [0.25, 0.3) is 5.91 Å². The van der Waals surface area contributed by atoms with Gasteiger partial charge in [-0.25, -0.2) is 4.79 Å². The van der Waals surface area contributed by atoms with Crippen LogP contribution in [0.15, 0.2) is 42.5 Å². The Morgan fingerprint density at radius 3 is 2.06 bits per heavy atom. The lowest BCUT2D eigenvalue weighted by Crippen LogP contribution is -2.45. The Labute approximate surface area is 206 Å². The number of urea groups is 1. The van der Waals surface area contributed by atoms with E-state index < -0.39 is 23.5 Å². The Balaban J connectivity index is 1.37. The zero-order valence-corrected chi connectivity index (χ0v) is 19.9. The molecule has 2 aliphatic rings. The normalized spacial score (nSPS) is 17.5. The molecule has 0 aromatic heterocycles. The number of piperidine rings is 1. The quantitative estimate of drug-likeness (QED) is 0.540. The second-order valence-corrected chi connectivity index (χ2v) is 9.59. The topological polar surface area (TPSA) is 69.7 Å². The van der Waals surface area contributed by atoms with E-state index in [1.807, 2.05) is 0 Å². The molecule has 0 unspecified atom stereocenters. The molecule has 2 aliphatic heterocycles. The first-order valence-corrected chi connectivity index (χ1v) is 11.7. The van der Waals surface area contributed by atoms with Crippen LogP contribution < -0.4 is 5.32 Å². The Hall–Kier alpha value is -3.07. The molecule has 10 heteroatoms. The van der Waals surface area contributed by atoms with Crippen LogP contribution in [0, 0.1) is 5.41 Å². The second kappa shape index (κ2) is 9.53. The van der Waals surface area contributed by atoms with Crippen molar-refractivity contribution in [2.75, 3.05) is 31.5 Å². The number of hydrogen-bond donors (Lipinski definition) is 1. The molecule has 0 atom stereocenters. The number of anilines is 1. The van der Waals surface area contributed by atoms with E-state index >= 15 is 0 Å². The van der Waals surface area contributed by atoms with Gasteiger partial charge < -0.3 is 15.1 Å². The minimum Gasteiger partial charge on any atom is -0.339 e. The Bertz CT molecular complexity index is 1140. The third kappa shape index (κ3) is 5.29. The Morgan fingerprint density at radius 1 is 0.914 bits per heavy atom. The molecule has 4 rings (SSSR count). The summed E-state index contributed by atoms with van der Waals surface area (Å²) in [6.07, 6.45) is -2.56. The molecular formula is C25H25ClF3N3O3. The molecule has 0 radical (unpaired) electrons. The molecule has 3 amide bonds. The maximum absolute atomic E-state index is 13.4. The van der Waals surface area contributed by atoms with Crippen molar-refractivity contribution in [3.05, 3.63) is 64.2 Å². The van der Waals surface area contributed by atoms with Crippen LogP contribution >= 0.6 is 11.6 Å². The first-order chi connectivity index (χ1) is 16.5. The van der Waals surface area contributed by atoms with Crippen molar-refractivity contribution in [1.82, 2.24) is 9.80 Å². The van der Waals surface area contributed by atoms with Gasteiger partial charge in [0.15, 0.2) is 5.78 Å². The molecule has 2 aromatic carbocycles. The molecule has 1 spiro atoms. The predicted octanol–water partition coefficient (Wildman–Crippen LogP) is 5.72. The number of benzene rings is 2. The lowest BCUT2D eigenvalue weighted by Gasteiger charge is -2.39. The van der Waals surface area contributed by atoms with Crippen LogP contribution in [0.3, 0.4) is 0 Å². The van der Waals surface area contributed by atoms with Crippen molar-refractivity contribution in [2.24, 2.45) is 5.41 Å². The van der Waals surface area contributed by atoms with E-state index in [1.165, 1.54) is 24.0 Å². The summed E-state index contributed by atoms with van der Waals surface area (Å²) in [6.45, 7) is 3.32. The largest absolute Gasteiger partial charge is 0.418 e. The van der Waals surface area contributed by atoms with Crippen molar-refractivity contribution >= 4 is 35.0 Å². The molecule has 2 aromatic rings. The highest BCUT2D eigenvalue weighted by Crippen LogP contribution is 2.42. The molecular weight excluding hydrogens is 483 g/mol. The number of halogens is 4. The number of carbonyl (C=O) groups is 3. The highest BCUT2D eigenvalue weighted by atomic mass is 35.5. The average molecular weight is 508 g/mol. The van der Waals surface area contributed by atoms with Gasteiger partial charge in [-0.3, -0.25) is 9.59 Å². The second-order valence-electron chi connectivity index (χ2n) is 9.19. The monoisotopic (exact) mass is 507 g/mol. The van der Waals surface area contributed by atoms with Gasteiger partial charge in [0.1, 0.15) is 0 Å². The van der Waals surface area contributed by atoms with E-state index in [0.717, 1.165) is 6.07 Å². The molecule has 2 saturated heterocycles. The maximum atomic E-state index is 13.4. The highest BCUT2D eigenvalue weighted by Gasteiger charge is 2.43. The molecule has 0 bridgehead atoms. The van der Waals surface area contributed by atoms with Gasteiger partial charge in [-0.15, -0.1) is 0 Å². The summed E-state index contributed by atoms with van der Waals surface area (Å²) in [5, 5.41) is 2.18. The SMILES string of the molecule is CC(=O)c1ccc(C(=O)N2CCC3(CCN(C(=O)Nc4c(Cl)cccc4C(F)(F)F)C3)CC2)cc1. The first kappa shape index (κ1) is 25.0. The molecule has 35 heavy (non-hydrogen) atoms. The third-order valence-corrected chi connectivity index (χ3v) is 7.24. The average Bonchev–Trinajstić information content (AvgIpc) is 3.23. The summed E-state index contributed by atoms with van der Waals surface area (Å²) < 4.78 is 40.1. The Morgan fingerprint density at radius 2 is 1.49 bits per heavy atom. The first-order valence-electron chi connectivity index (χ1n) is 11.3. The van der Waals surface area contributed by atoms with Crippen LogP contribution in [-0.2, 0) is 6.18 Å². The number of carbonyl (C=O) groups excluding carboxylic acids is 3. The molecule has 186 valence electrons. The van der Waals surface area contributed by atoms with E-state index in [4.69, 9.17) is 11.6 Å². The number of likely N-dealkylation sites (tertiary alicyclic amines) is 2. The molecule has 2 fully saturated rings. The number of nitrogens with one attached hydrogen (secondary N) is 1. The molecule has 6 nitrogen and oxygen atoms in total. The summed E-state index contributed by atoms with van der Waals surface area (Å²) in [7, 11) is 0. The number of amides is 3. The summed E-state index contributed by atoms with van der Waals surface area (Å²) in [5.41, 5.74) is -0.555. The number of rotatable bonds is 3. The minimum atomic E-state index is -4.65. The fraction of sp³-hybridized carbons (Fsp3) is 0.400. The standard InChI is InChI=1S/C25H25ClF3N3O3/c1-16(33)17-5-7-18(8-6-17)22(34)31-12-9-24(10-13-31)11-14-32(15-24)23(35)30-21-19(25(27,28)29)3-2-4-20(21)26/h2-8H,9-15H2,1H3,(H,30,35). The number of ketones is 1. The van der Waals surface area contributed by atoms with E-state index in [9.17, 15) is 27.6 Å². The highest BCUT2D eigenvalue weighted by molar-refractivity contribution is 6.34. The number of alkyl halides is 3. The van der Waals surface area contributed by atoms with Crippen molar-refractivity contribution in [3.63, 3.8) is 0 Å². The van der Waals surface area contributed by atoms with Crippen LogP contribution in [0.5, 0.6) is 0 Å². The minimum absolute atomic E-state index is 0.0668. The number of hydrogen-bond acceptors (Lipinski definition) is 3. The van der Waals surface area contributed by atoms with Gasteiger partial charge in [-0.1, -0.05) is 29.8 Å². The third-order valence-electron chi connectivity index (χ3n) is 6.93. The number of nitrogens with zero attached hydrogens (tertiary/aromatic N) is 2. The summed E-state index contributed by atoms with van der Waals surface area (Å²) in [6, 6.07) is 9.33. The van der Waals surface area contributed by atoms with Crippen molar-refractivity contribution in [3.8, 4) is 0 Å². The van der Waals surface area contributed by atoms with Crippen molar-refractivity contribution < 1.29 is 27.6 Å². The van der Waals surface area contributed by atoms with Crippen LogP contribution in [0.2, 0.25) is 5.02 Å². The lowest BCUT2D eigenvalue weighted by atomic mass is 9.77. The van der Waals surface area contributed by atoms with Gasteiger partial charge in [-0.05, 0) is 55.9 Å². The fourth-order valence-electron chi connectivity index (χ4n) is 4.80. The van der Waals surface area contributed by atoms with Crippen LogP contribution in [0.4, 0.5) is 23.7 Å². The Kier molecular flexibility index (Phi) is 6.81. The van der Waals surface area contributed by atoms with Gasteiger partial charge in [0.05, 0.1) is 16.3 Å². The van der Waals surface area contributed by atoms with Gasteiger partial charge in [0, 0.05) is 37.3 Å². The molecule has 2 heterocycles. The number of para-hydroxylation sites is 1. The lowest BCUT2D eigenvalue weighted by molar-refractivity contribution is -0.136. The van der Waals surface area contributed by atoms with E-state index in [-0.39, 0.29) is 22.1 Å². The van der Waals surface area contributed by atoms with Crippen LogP contribution in [0.1, 0.15) is 52.5 Å². The molecule has 0 aliphatic carbocycles. The van der Waals surface area contributed by atoms with Crippen molar-refractivity contribution in [2.45, 2.75) is 32.4 Å². The van der Waals surface area contributed by atoms with Gasteiger partial charge in [0.2, 0.25) is 0 Å². The smallest absolute Gasteiger partial charge is 0.339 e. The summed E-state index contributed by atoms with van der Waals surface area (Å²) in [4.78, 5) is 40.4. The van der Waals surface area contributed by atoms with E-state index in [1.54, 1.807) is 29.2 Å². The zero-order valence-electron chi connectivity index (χ0n) is 19.1. The van der Waals surface area contributed by atoms with Gasteiger partial charge in [-0.2, -0.15) is 13.2 Å². The fourth-order valence-corrected chi connectivity index (χ4v) is 5.03. The summed E-state index contributed by atoms with van der Waals surface area (Å²) >= 11 is 5.96. The van der Waals surface area contributed by atoms with E-state index in [0.29, 0.717) is 56.6 Å². The van der Waals surface area contributed by atoms with Crippen molar-refractivity contribution in [1.29, 1.82) is 0 Å². The van der Waals surface area contributed by atoms with Crippen LogP contribution in [-0.4, -0.2) is 53.7 Å².